The van der Waals surface area contributed by atoms with E-state index in [0.29, 0.717) is 0 Å². The van der Waals surface area contributed by atoms with Crippen LogP contribution in [0.3, 0.4) is 0 Å². The van der Waals surface area contributed by atoms with Gasteiger partial charge in [0.25, 0.3) is 0 Å². The van der Waals surface area contributed by atoms with E-state index < -0.39 is 22.5 Å². The molecule has 0 spiro atoms. The van der Waals surface area contributed by atoms with E-state index in [1.165, 1.54) is 6.07 Å². The molecule has 0 unspecified atom stereocenters. The summed E-state index contributed by atoms with van der Waals surface area (Å²) in [5.41, 5.74) is 1.78. The minimum Gasteiger partial charge on any atom is -0.480 e. The van der Waals surface area contributed by atoms with Crippen LogP contribution in [0, 0.1) is 6.92 Å². The van der Waals surface area contributed by atoms with Gasteiger partial charge in [-0.05, 0) is 36.6 Å². The molecule has 0 heterocycles. The molecular weight excluding hydrogens is 254 g/mol. The number of aliphatic carboxylic acids is 1. The maximum absolute atomic E-state index is 11.9. The zero-order valence-corrected chi connectivity index (χ0v) is 11.3. The Labute approximate surface area is 107 Å². The number of nitrogens with one attached hydrogen (secondary N) is 1. The van der Waals surface area contributed by atoms with Crippen molar-refractivity contribution >= 4 is 16.0 Å². The van der Waals surface area contributed by atoms with Crippen molar-refractivity contribution in [2.24, 2.45) is 0 Å². The molecule has 1 aromatic carbocycles. The second-order valence-corrected chi connectivity index (χ2v) is 5.89. The maximum atomic E-state index is 11.9. The van der Waals surface area contributed by atoms with E-state index in [0.717, 1.165) is 24.0 Å². The summed E-state index contributed by atoms with van der Waals surface area (Å²) in [6.07, 6.45) is 1.72. The summed E-state index contributed by atoms with van der Waals surface area (Å²) in [6.45, 7) is 3.22. The van der Waals surface area contributed by atoms with E-state index >= 15 is 0 Å². The second kappa shape index (κ2) is 5.97. The molecule has 2 N–H and O–H groups in total. The lowest BCUT2D eigenvalue weighted by Gasteiger charge is -2.08. The van der Waals surface area contributed by atoms with Crippen molar-refractivity contribution in [1.29, 1.82) is 0 Å². The molecule has 100 valence electrons. The Bertz CT molecular complexity index is 537. The van der Waals surface area contributed by atoms with Crippen LogP contribution in [0.5, 0.6) is 0 Å². The summed E-state index contributed by atoms with van der Waals surface area (Å²) in [4.78, 5) is 10.5. The molecule has 0 fully saturated rings. The SMILES string of the molecule is CCCc1cc(C)cc(S(=O)(=O)NCC(=O)O)c1. The molecule has 0 aliphatic carbocycles. The minimum atomic E-state index is -3.75. The van der Waals surface area contributed by atoms with Crippen molar-refractivity contribution in [3.05, 3.63) is 29.3 Å². The molecule has 0 saturated heterocycles. The van der Waals surface area contributed by atoms with Crippen molar-refractivity contribution in [1.82, 2.24) is 4.72 Å². The smallest absolute Gasteiger partial charge is 0.318 e. The number of hydrogen-bond donors (Lipinski definition) is 2. The zero-order valence-electron chi connectivity index (χ0n) is 10.4. The Kier molecular flexibility index (Phi) is 4.86. The topological polar surface area (TPSA) is 83.5 Å². The standard InChI is InChI=1S/C12H17NO4S/c1-3-4-10-5-9(2)6-11(7-10)18(16,17)13-8-12(14)15/h5-7,13H,3-4,8H2,1-2H3,(H,14,15). The molecule has 0 bridgehead atoms. The maximum Gasteiger partial charge on any atom is 0.318 e. The normalized spacial score (nSPS) is 11.4. The lowest BCUT2D eigenvalue weighted by molar-refractivity contribution is -0.135. The fourth-order valence-corrected chi connectivity index (χ4v) is 2.78. The monoisotopic (exact) mass is 271 g/mol. The highest BCUT2D eigenvalue weighted by Gasteiger charge is 2.16. The number of hydrogen-bond acceptors (Lipinski definition) is 3. The Morgan fingerprint density at radius 3 is 2.56 bits per heavy atom. The first-order valence-corrected chi connectivity index (χ1v) is 7.15. The summed E-state index contributed by atoms with van der Waals surface area (Å²) in [7, 11) is -3.75. The Morgan fingerprint density at radius 2 is 2.00 bits per heavy atom. The van der Waals surface area contributed by atoms with Crippen LogP contribution in [-0.2, 0) is 21.2 Å². The third-order valence-corrected chi connectivity index (χ3v) is 3.75. The lowest BCUT2D eigenvalue weighted by Crippen LogP contribution is -2.29. The molecule has 0 aliphatic rings. The van der Waals surface area contributed by atoms with Gasteiger partial charge in [0.15, 0.2) is 0 Å². The highest BCUT2D eigenvalue weighted by atomic mass is 32.2. The average Bonchev–Trinajstić information content (AvgIpc) is 2.26. The predicted octanol–water partition coefficient (Wildman–Crippen LogP) is 1.31. The Hall–Kier alpha value is -1.40. The van der Waals surface area contributed by atoms with E-state index in [1.807, 2.05) is 24.6 Å². The lowest BCUT2D eigenvalue weighted by atomic mass is 10.1. The summed E-state index contributed by atoms with van der Waals surface area (Å²) < 4.78 is 25.8. The van der Waals surface area contributed by atoms with Gasteiger partial charge in [0.05, 0.1) is 4.90 Å². The van der Waals surface area contributed by atoms with Crippen LogP contribution in [0.4, 0.5) is 0 Å². The number of benzene rings is 1. The van der Waals surface area contributed by atoms with Crippen molar-refractivity contribution < 1.29 is 18.3 Å². The summed E-state index contributed by atoms with van der Waals surface area (Å²) in [5.74, 6) is -1.21. The van der Waals surface area contributed by atoms with Crippen molar-refractivity contribution in [2.45, 2.75) is 31.6 Å². The number of carbonyl (C=O) groups is 1. The van der Waals surface area contributed by atoms with Gasteiger partial charge in [0.1, 0.15) is 6.54 Å². The quantitative estimate of drug-likeness (QED) is 0.817. The molecule has 1 aromatic rings. The van der Waals surface area contributed by atoms with Crippen molar-refractivity contribution in [3.8, 4) is 0 Å². The van der Waals surface area contributed by atoms with Crippen LogP contribution in [0.25, 0.3) is 0 Å². The molecule has 0 atom stereocenters. The zero-order chi connectivity index (χ0) is 13.8. The van der Waals surface area contributed by atoms with E-state index in [4.69, 9.17) is 5.11 Å². The van der Waals surface area contributed by atoms with Crippen LogP contribution >= 0.6 is 0 Å². The van der Waals surface area contributed by atoms with Gasteiger partial charge in [-0.15, -0.1) is 0 Å². The Balaban J connectivity index is 3.04. The fourth-order valence-electron chi connectivity index (χ4n) is 1.65. The van der Waals surface area contributed by atoms with E-state index in [9.17, 15) is 13.2 Å². The highest BCUT2D eigenvalue weighted by Crippen LogP contribution is 2.16. The summed E-state index contributed by atoms with van der Waals surface area (Å²) in [5, 5.41) is 8.49. The minimum absolute atomic E-state index is 0.118. The molecule has 0 aromatic heterocycles. The first kappa shape index (κ1) is 14.7. The number of aryl methyl sites for hydroxylation is 2. The van der Waals surface area contributed by atoms with Crippen molar-refractivity contribution in [2.75, 3.05) is 6.54 Å². The fraction of sp³-hybridized carbons (Fsp3) is 0.417. The van der Waals surface area contributed by atoms with Crippen LogP contribution in [-0.4, -0.2) is 26.0 Å². The molecule has 1 rings (SSSR count). The first-order chi connectivity index (χ1) is 8.35. The summed E-state index contributed by atoms with van der Waals surface area (Å²) >= 11 is 0. The van der Waals surface area contributed by atoms with Gasteiger partial charge in [0.2, 0.25) is 10.0 Å². The van der Waals surface area contributed by atoms with E-state index in [1.54, 1.807) is 6.07 Å². The Morgan fingerprint density at radius 1 is 1.33 bits per heavy atom. The van der Waals surface area contributed by atoms with Gasteiger partial charge >= 0.3 is 5.97 Å². The van der Waals surface area contributed by atoms with Crippen LogP contribution in [0.1, 0.15) is 24.5 Å². The number of carboxylic acid groups (broad SMARTS) is 1. The van der Waals surface area contributed by atoms with Gasteiger partial charge in [0, 0.05) is 0 Å². The van der Waals surface area contributed by atoms with E-state index in [2.05, 4.69) is 0 Å². The third-order valence-electron chi connectivity index (χ3n) is 2.37. The third kappa shape index (κ3) is 4.12. The average molecular weight is 271 g/mol. The van der Waals surface area contributed by atoms with Crippen molar-refractivity contribution in [3.63, 3.8) is 0 Å². The van der Waals surface area contributed by atoms with Gasteiger partial charge in [-0.1, -0.05) is 19.4 Å². The molecule has 0 amide bonds. The molecule has 5 nitrogen and oxygen atoms in total. The molecule has 0 saturated carbocycles. The largest absolute Gasteiger partial charge is 0.480 e. The first-order valence-electron chi connectivity index (χ1n) is 5.67. The number of carboxylic acids is 1. The predicted molar refractivity (Wildman–Crippen MR) is 68.0 cm³/mol. The van der Waals surface area contributed by atoms with Gasteiger partial charge < -0.3 is 5.11 Å². The highest BCUT2D eigenvalue weighted by molar-refractivity contribution is 7.89. The van der Waals surface area contributed by atoms with E-state index in [-0.39, 0.29) is 4.90 Å². The molecule has 0 radical (unpaired) electrons. The molecule has 6 heteroatoms. The molecule has 0 aliphatic heterocycles. The van der Waals surface area contributed by atoms with Crippen LogP contribution < -0.4 is 4.72 Å². The number of sulfonamides is 1. The van der Waals surface area contributed by atoms with Gasteiger partial charge in [-0.2, -0.15) is 4.72 Å². The summed E-state index contributed by atoms with van der Waals surface area (Å²) in [6, 6.07) is 5.05. The number of rotatable bonds is 6. The second-order valence-electron chi connectivity index (χ2n) is 4.12. The molecule has 18 heavy (non-hydrogen) atoms. The molecular formula is C12H17NO4S. The van der Waals surface area contributed by atoms with Gasteiger partial charge in [-0.25, -0.2) is 8.42 Å². The van der Waals surface area contributed by atoms with Crippen LogP contribution in [0.2, 0.25) is 0 Å². The van der Waals surface area contributed by atoms with Gasteiger partial charge in [-0.3, -0.25) is 4.79 Å². The van der Waals surface area contributed by atoms with Crippen LogP contribution in [0.15, 0.2) is 23.1 Å².